The smallest absolute Gasteiger partial charge is 0.340 e. The summed E-state index contributed by atoms with van der Waals surface area (Å²) in [5.74, 6) is -0.962. The van der Waals surface area contributed by atoms with E-state index in [-0.39, 0.29) is 23.5 Å². The summed E-state index contributed by atoms with van der Waals surface area (Å²) in [7, 11) is 0. The minimum Gasteiger partial charge on any atom is -0.462 e. The van der Waals surface area contributed by atoms with E-state index in [2.05, 4.69) is 15.0 Å². The number of benzene rings is 1. The highest BCUT2D eigenvalue weighted by atomic mass is 35.5. The van der Waals surface area contributed by atoms with E-state index in [0.29, 0.717) is 16.6 Å². The number of rotatable bonds is 4. The number of fused-ring (bicyclic) bond motifs is 1. The van der Waals surface area contributed by atoms with Crippen molar-refractivity contribution in [1.82, 2.24) is 15.0 Å². The Morgan fingerprint density at radius 3 is 2.73 bits per heavy atom. The molecule has 0 amide bonds. The van der Waals surface area contributed by atoms with Crippen LogP contribution in [0.3, 0.4) is 0 Å². The molecule has 134 valence electrons. The topological polar surface area (TPSA) is 65.0 Å². The first kappa shape index (κ1) is 18.2. The van der Waals surface area contributed by atoms with Gasteiger partial charge in [-0.15, -0.1) is 0 Å². The molecule has 7 heteroatoms. The van der Waals surface area contributed by atoms with E-state index in [1.165, 1.54) is 6.20 Å². The van der Waals surface area contributed by atoms with Crippen molar-refractivity contribution in [2.24, 2.45) is 0 Å². The van der Waals surface area contributed by atoms with Crippen molar-refractivity contribution in [1.29, 1.82) is 0 Å². The van der Waals surface area contributed by atoms with Gasteiger partial charge in [0.2, 0.25) is 5.28 Å². The van der Waals surface area contributed by atoms with E-state index in [9.17, 15) is 9.18 Å². The van der Waals surface area contributed by atoms with Crippen molar-refractivity contribution < 1.29 is 13.9 Å². The Morgan fingerprint density at radius 1 is 1.27 bits per heavy atom. The molecule has 0 spiro atoms. The highest BCUT2D eigenvalue weighted by Crippen LogP contribution is 2.32. The Morgan fingerprint density at radius 2 is 2.04 bits per heavy atom. The number of carbonyl (C=O) groups excluding carboxylic acids is 1. The molecule has 26 heavy (non-hydrogen) atoms. The van der Waals surface area contributed by atoms with Crippen LogP contribution in [-0.4, -0.2) is 27.5 Å². The molecule has 0 saturated carbocycles. The summed E-state index contributed by atoms with van der Waals surface area (Å²) in [4.78, 5) is 24.3. The molecule has 0 unspecified atom stereocenters. The average Bonchev–Trinajstić information content (AvgIpc) is 2.62. The molecule has 0 aliphatic heterocycles. The Hall–Kier alpha value is -2.60. The molecule has 1 aromatic carbocycles. The molecule has 0 aliphatic rings. The van der Waals surface area contributed by atoms with Crippen LogP contribution in [0.15, 0.2) is 30.6 Å². The van der Waals surface area contributed by atoms with E-state index in [0.717, 1.165) is 17.1 Å². The lowest BCUT2D eigenvalue weighted by atomic mass is 9.92. The van der Waals surface area contributed by atoms with Crippen LogP contribution >= 0.6 is 11.6 Å². The van der Waals surface area contributed by atoms with E-state index in [4.69, 9.17) is 16.3 Å². The first-order valence-corrected chi connectivity index (χ1v) is 8.58. The van der Waals surface area contributed by atoms with Crippen LogP contribution in [0.1, 0.15) is 42.6 Å². The summed E-state index contributed by atoms with van der Waals surface area (Å²) in [6, 6.07) is 5.24. The van der Waals surface area contributed by atoms with Crippen LogP contribution in [0.2, 0.25) is 5.28 Å². The number of esters is 1. The summed E-state index contributed by atoms with van der Waals surface area (Å²) in [6.45, 7) is 5.98. The molecule has 0 bridgehead atoms. The summed E-state index contributed by atoms with van der Waals surface area (Å²) < 4.78 is 19.3. The minimum absolute atomic E-state index is 0.0361. The van der Waals surface area contributed by atoms with Gasteiger partial charge in [0.15, 0.2) is 5.82 Å². The molecule has 2 aromatic heterocycles. The zero-order valence-corrected chi connectivity index (χ0v) is 15.3. The van der Waals surface area contributed by atoms with Gasteiger partial charge in [0.05, 0.1) is 23.9 Å². The molecule has 2 heterocycles. The van der Waals surface area contributed by atoms with Gasteiger partial charge in [-0.05, 0) is 42.1 Å². The SMILES string of the molecule is CCOC(=O)c1cnc2ccc(-c3nc(Cl)ncc3F)cc2c1C(C)C. The molecule has 0 fully saturated rings. The molecule has 0 saturated heterocycles. The van der Waals surface area contributed by atoms with E-state index >= 15 is 0 Å². The van der Waals surface area contributed by atoms with Crippen molar-refractivity contribution in [3.63, 3.8) is 0 Å². The van der Waals surface area contributed by atoms with Crippen LogP contribution in [0.4, 0.5) is 4.39 Å². The molecule has 0 N–H and O–H groups in total. The lowest BCUT2D eigenvalue weighted by Crippen LogP contribution is -2.10. The summed E-state index contributed by atoms with van der Waals surface area (Å²) in [5.41, 5.74) is 2.54. The zero-order valence-electron chi connectivity index (χ0n) is 14.6. The Bertz CT molecular complexity index is 992. The lowest BCUT2D eigenvalue weighted by molar-refractivity contribution is 0.0524. The number of hydrogen-bond donors (Lipinski definition) is 0. The minimum atomic E-state index is -0.575. The standard InChI is InChI=1S/C19H17ClFN3O2/c1-4-26-18(25)13-8-22-15-6-5-11(7-12(15)16(13)10(2)3)17-14(21)9-23-19(20)24-17/h5-10H,4H2,1-3H3. The first-order valence-electron chi connectivity index (χ1n) is 8.20. The zero-order chi connectivity index (χ0) is 18.8. The Balaban J connectivity index is 2.26. The van der Waals surface area contributed by atoms with Crippen LogP contribution in [0, 0.1) is 5.82 Å². The van der Waals surface area contributed by atoms with Gasteiger partial charge < -0.3 is 4.74 Å². The normalized spacial score (nSPS) is 11.2. The number of pyridine rings is 1. The van der Waals surface area contributed by atoms with Crippen LogP contribution in [0.5, 0.6) is 0 Å². The third-order valence-electron chi connectivity index (χ3n) is 3.97. The molecule has 0 atom stereocenters. The monoisotopic (exact) mass is 373 g/mol. The third kappa shape index (κ3) is 3.37. The Kier molecular flexibility index (Phi) is 5.13. The summed E-state index contributed by atoms with van der Waals surface area (Å²) in [6.07, 6.45) is 2.56. The highest BCUT2D eigenvalue weighted by molar-refractivity contribution is 6.28. The van der Waals surface area contributed by atoms with Gasteiger partial charge in [0.1, 0.15) is 5.69 Å². The average molecular weight is 374 g/mol. The number of aromatic nitrogens is 3. The van der Waals surface area contributed by atoms with Crippen molar-refractivity contribution >= 4 is 28.5 Å². The predicted octanol–water partition coefficient (Wildman–Crippen LogP) is 4.78. The van der Waals surface area contributed by atoms with Gasteiger partial charge in [-0.2, -0.15) is 0 Å². The predicted molar refractivity (Wildman–Crippen MR) is 97.8 cm³/mol. The molecule has 0 radical (unpaired) electrons. The van der Waals surface area contributed by atoms with E-state index in [1.807, 2.05) is 13.8 Å². The number of nitrogens with zero attached hydrogens (tertiary/aromatic N) is 3. The van der Waals surface area contributed by atoms with E-state index < -0.39 is 11.8 Å². The number of carbonyl (C=O) groups is 1. The van der Waals surface area contributed by atoms with E-state index in [1.54, 1.807) is 25.1 Å². The van der Waals surface area contributed by atoms with Crippen molar-refractivity contribution in [3.8, 4) is 11.3 Å². The van der Waals surface area contributed by atoms with Crippen LogP contribution in [-0.2, 0) is 4.74 Å². The maximum Gasteiger partial charge on any atom is 0.340 e. The van der Waals surface area contributed by atoms with Gasteiger partial charge >= 0.3 is 5.97 Å². The second-order valence-electron chi connectivity index (χ2n) is 6.03. The fraction of sp³-hybridized carbons (Fsp3) is 0.263. The van der Waals surface area contributed by atoms with Crippen molar-refractivity contribution in [2.75, 3.05) is 6.61 Å². The second-order valence-corrected chi connectivity index (χ2v) is 6.37. The molecule has 5 nitrogen and oxygen atoms in total. The van der Waals surface area contributed by atoms with Crippen molar-refractivity contribution in [2.45, 2.75) is 26.7 Å². The molecular weight excluding hydrogens is 357 g/mol. The fourth-order valence-electron chi connectivity index (χ4n) is 2.90. The van der Waals surface area contributed by atoms with Crippen LogP contribution < -0.4 is 0 Å². The summed E-state index contributed by atoms with van der Waals surface area (Å²) in [5, 5.41) is 0.709. The number of hydrogen-bond acceptors (Lipinski definition) is 5. The maximum absolute atomic E-state index is 14.1. The first-order chi connectivity index (χ1) is 12.4. The quantitative estimate of drug-likeness (QED) is 0.486. The van der Waals surface area contributed by atoms with Gasteiger partial charge in [-0.1, -0.05) is 19.9 Å². The van der Waals surface area contributed by atoms with Gasteiger partial charge in [-0.3, -0.25) is 4.98 Å². The number of ether oxygens (including phenoxy) is 1. The molecule has 3 rings (SSSR count). The van der Waals surface area contributed by atoms with Gasteiger partial charge in [0.25, 0.3) is 0 Å². The van der Waals surface area contributed by atoms with Gasteiger partial charge in [0, 0.05) is 17.1 Å². The van der Waals surface area contributed by atoms with Gasteiger partial charge in [-0.25, -0.2) is 19.2 Å². The Labute approximate surface area is 155 Å². The fourth-order valence-corrected chi connectivity index (χ4v) is 3.04. The molecule has 0 aliphatic carbocycles. The second kappa shape index (κ2) is 7.33. The van der Waals surface area contributed by atoms with Crippen molar-refractivity contribution in [3.05, 3.63) is 52.8 Å². The number of halogens is 2. The molecular formula is C19H17ClFN3O2. The lowest BCUT2D eigenvalue weighted by Gasteiger charge is -2.15. The third-order valence-corrected chi connectivity index (χ3v) is 4.15. The maximum atomic E-state index is 14.1. The molecule has 3 aromatic rings. The highest BCUT2D eigenvalue weighted by Gasteiger charge is 2.20. The largest absolute Gasteiger partial charge is 0.462 e. The summed E-state index contributed by atoms with van der Waals surface area (Å²) >= 11 is 5.81. The van der Waals surface area contributed by atoms with Crippen LogP contribution in [0.25, 0.3) is 22.2 Å².